The summed E-state index contributed by atoms with van der Waals surface area (Å²) in [5.74, 6) is 0.453. The van der Waals surface area contributed by atoms with Crippen LogP contribution in [-0.4, -0.2) is 24.1 Å². The molecule has 0 aromatic carbocycles. The number of H-pyrrole nitrogens is 1. The molecule has 0 spiro atoms. The molecule has 0 radical (unpaired) electrons. The highest BCUT2D eigenvalue weighted by Crippen LogP contribution is 2.07. The van der Waals surface area contributed by atoms with E-state index in [9.17, 15) is 4.79 Å². The zero-order chi connectivity index (χ0) is 9.30. The van der Waals surface area contributed by atoms with Crippen molar-refractivity contribution >= 4 is 17.5 Å². The molecule has 0 aliphatic rings. The zero-order valence-electron chi connectivity index (χ0n) is 6.96. The van der Waals surface area contributed by atoms with Crippen molar-refractivity contribution in [3.8, 4) is 0 Å². The minimum atomic E-state index is -0.411. The monoisotopic (exact) mass is 169 g/mol. The van der Waals surface area contributed by atoms with E-state index in [2.05, 4.69) is 9.97 Å². The summed E-state index contributed by atoms with van der Waals surface area (Å²) < 4.78 is 0. The average molecular weight is 169 g/mol. The minimum absolute atomic E-state index is 0.0411. The number of nitrogens with zero attached hydrogens (tertiary/aromatic N) is 2. The van der Waals surface area contributed by atoms with Crippen molar-refractivity contribution in [2.24, 2.45) is 0 Å². The molecule has 12 heavy (non-hydrogen) atoms. The van der Waals surface area contributed by atoms with Crippen LogP contribution in [0.4, 0.5) is 17.5 Å². The maximum absolute atomic E-state index is 11.0. The molecule has 0 amide bonds. The average Bonchev–Trinajstić information content (AvgIpc) is 1.99. The van der Waals surface area contributed by atoms with Crippen LogP contribution in [0.25, 0.3) is 0 Å². The van der Waals surface area contributed by atoms with Gasteiger partial charge in [0.2, 0.25) is 5.95 Å². The molecule has 5 N–H and O–H groups in total. The van der Waals surface area contributed by atoms with Crippen LogP contribution < -0.4 is 21.9 Å². The molecule has 1 aromatic rings. The lowest BCUT2D eigenvalue weighted by atomic mass is 10.5. The third-order valence-corrected chi connectivity index (χ3v) is 1.40. The maximum Gasteiger partial charge on any atom is 0.277 e. The number of hydrogen-bond donors (Lipinski definition) is 3. The zero-order valence-corrected chi connectivity index (χ0v) is 6.96. The fraction of sp³-hybridized carbons (Fsp3) is 0.333. The number of anilines is 3. The number of aromatic amines is 1. The Labute approximate surface area is 69.2 Å². The van der Waals surface area contributed by atoms with E-state index < -0.39 is 5.56 Å². The van der Waals surface area contributed by atoms with E-state index >= 15 is 0 Å². The van der Waals surface area contributed by atoms with E-state index in [1.165, 1.54) is 0 Å². The topological polar surface area (TPSA) is 101 Å². The van der Waals surface area contributed by atoms with Gasteiger partial charge in [-0.25, -0.2) is 0 Å². The van der Waals surface area contributed by atoms with Crippen molar-refractivity contribution in [2.75, 3.05) is 30.5 Å². The largest absolute Gasteiger partial charge is 0.391 e. The molecule has 0 bridgehead atoms. The lowest BCUT2D eigenvalue weighted by Crippen LogP contribution is -2.22. The predicted octanol–water partition coefficient (Wildman–Crippen LogP) is -1.000. The van der Waals surface area contributed by atoms with Crippen LogP contribution in [-0.2, 0) is 0 Å². The summed E-state index contributed by atoms with van der Waals surface area (Å²) in [5, 5.41) is 0. The SMILES string of the molecule is CN(C)c1nc(N)c(N)c(=O)[nH]1. The van der Waals surface area contributed by atoms with Gasteiger partial charge in [-0.05, 0) is 0 Å². The molecule has 1 rings (SSSR count). The van der Waals surface area contributed by atoms with Crippen LogP contribution in [0.5, 0.6) is 0 Å². The second-order valence-electron chi connectivity index (χ2n) is 2.58. The summed E-state index contributed by atoms with van der Waals surface area (Å²) in [6, 6.07) is 0. The molecule has 0 atom stereocenters. The van der Waals surface area contributed by atoms with Gasteiger partial charge >= 0.3 is 0 Å². The summed E-state index contributed by atoms with van der Waals surface area (Å²) in [6.07, 6.45) is 0. The van der Waals surface area contributed by atoms with Gasteiger partial charge in [0.05, 0.1) is 0 Å². The first-order chi connectivity index (χ1) is 5.52. The summed E-state index contributed by atoms with van der Waals surface area (Å²) in [5.41, 5.74) is 10.2. The molecular formula is C6H11N5O. The lowest BCUT2D eigenvalue weighted by Gasteiger charge is -2.10. The third kappa shape index (κ3) is 1.31. The quantitative estimate of drug-likeness (QED) is 0.500. The molecular weight excluding hydrogens is 158 g/mol. The smallest absolute Gasteiger partial charge is 0.277 e. The van der Waals surface area contributed by atoms with Gasteiger partial charge in [-0.3, -0.25) is 9.78 Å². The number of nitrogen functional groups attached to an aromatic ring is 2. The van der Waals surface area contributed by atoms with Gasteiger partial charge in [-0.2, -0.15) is 4.98 Å². The summed E-state index contributed by atoms with van der Waals surface area (Å²) >= 11 is 0. The Morgan fingerprint density at radius 2 is 2.00 bits per heavy atom. The van der Waals surface area contributed by atoms with Gasteiger partial charge in [0.25, 0.3) is 5.56 Å². The highest BCUT2D eigenvalue weighted by atomic mass is 16.1. The lowest BCUT2D eigenvalue weighted by molar-refractivity contribution is 0.988. The number of rotatable bonds is 1. The van der Waals surface area contributed by atoms with Crippen LogP contribution >= 0.6 is 0 Å². The third-order valence-electron chi connectivity index (χ3n) is 1.40. The molecule has 0 aliphatic heterocycles. The maximum atomic E-state index is 11.0. The van der Waals surface area contributed by atoms with Gasteiger partial charge in [0.1, 0.15) is 5.69 Å². The molecule has 0 saturated heterocycles. The molecule has 6 nitrogen and oxygen atoms in total. The Morgan fingerprint density at radius 3 is 2.42 bits per heavy atom. The Hall–Kier alpha value is -1.72. The van der Waals surface area contributed by atoms with Crippen LogP contribution in [0.2, 0.25) is 0 Å². The van der Waals surface area contributed by atoms with Crippen LogP contribution in [0.15, 0.2) is 4.79 Å². The molecule has 0 unspecified atom stereocenters. The first kappa shape index (κ1) is 8.38. The number of nitrogens with one attached hydrogen (secondary N) is 1. The van der Waals surface area contributed by atoms with E-state index in [0.29, 0.717) is 5.95 Å². The fourth-order valence-electron chi connectivity index (χ4n) is 0.699. The highest BCUT2D eigenvalue weighted by molar-refractivity contribution is 5.58. The van der Waals surface area contributed by atoms with E-state index in [4.69, 9.17) is 11.5 Å². The van der Waals surface area contributed by atoms with Crippen molar-refractivity contribution in [3.05, 3.63) is 10.4 Å². The first-order valence-electron chi connectivity index (χ1n) is 3.35. The normalized spacial score (nSPS) is 9.83. The Morgan fingerprint density at radius 1 is 1.42 bits per heavy atom. The van der Waals surface area contributed by atoms with Crippen molar-refractivity contribution in [3.63, 3.8) is 0 Å². The fourth-order valence-corrected chi connectivity index (χ4v) is 0.699. The van der Waals surface area contributed by atoms with Gasteiger partial charge < -0.3 is 16.4 Å². The summed E-state index contributed by atoms with van der Waals surface area (Å²) in [6.45, 7) is 0. The Balaban J connectivity index is 3.31. The molecule has 0 aliphatic carbocycles. The van der Waals surface area contributed by atoms with Crippen molar-refractivity contribution in [1.29, 1.82) is 0 Å². The van der Waals surface area contributed by atoms with Gasteiger partial charge in [-0.1, -0.05) is 0 Å². The van der Waals surface area contributed by atoms with Crippen LogP contribution in [0.1, 0.15) is 0 Å². The molecule has 6 heteroatoms. The first-order valence-corrected chi connectivity index (χ1v) is 3.35. The molecule has 1 aromatic heterocycles. The number of aromatic nitrogens is 2. The van der Waals surface area contributed by atoms with E-state index in [1.54, 1.807) is 19.0 Å². The molecule has 1 heterocycles. The van der Waals surface area contributed by atoms with E-state index in [0.717, 1.165) is 0 Å². The van der Waals surface area contributed by atoms with Gasteiger partial charge in [0.15, 0.2) is 5.82 Å². The second kappa shape index (κ2) is 2.72. The summed E-state index contributed by atoms with van der Waals surface area (Å²) in [7, 11) is 3.49. The van der Waals surface area contributed by atoms with E-state index in [-0.39, 0.29) is 11.5 Å². The van der Waals surface area contributed by atoms with Gasteiger partial charge in [-0.15, -0.1) is 0 Å². The molecule has 0 fully saturated rings. The van der Waals surface area contributed by atoms with Crippen molar-refractivity contribution in [1.82, 2.24) is 9.97 Å². The van der Waals surface area contributed by atoms with Crippen LogP contribution in [0, 0.1) is 0 Å². The Kier molecular flexibility index (Phi) is 1.90. The van der Waals surface area contributed by atoms with E-state index in [1.807, 2.05) is 0 Å². The minimum Gasteiger partial charge on any atom is -0.391 e. The molecule has 0 saturated carbocycles. The van der Waals surface area contributed by atoms with Gasteiger partial charge in [0, 0.05) is 14.1 Å². The van der Waals surface area contributed by atoms with Crippen molar-refractivity contribution < 1.29 is 0 Å². The Bertz CT molecular complexity index is 342. The van der Waals surface area contributed by atoms with Crippen molar-refractivity contribution in [2.45, 2.75) is 0 Å². The molecule has 66 valence electrons. The number of hydrogen-bond acceptors (Lipinski definition) is 5. The summed E-state index contributed by atoms with van der Waals surface area (Å²) in [4.78, 5) is 19.0. The van der Waals surface area contributed by atoms with Crippen LogP contribution in [0.3, 0.4) is 0 Å². The standard InChI is InChI=1S/C6H11N5O/c1-11(2)6-9-4(8)3(7)5(12)10-6/h7H2,1-2H3,(H3,8,9,10,12). The highest BCUT2D eigenvalue weighted by Gasteiger charge is 2.05. The second-order valence-corrected chi connectivity index (χ2v) is 2.58. The number of nitrogens with two attached hydrogens (primary N) is 2. The predicted molar refractivity (Wildman–Crippen MR) is 48.0 cm³/mol.